The van der Waals surface area contributed by atoms with Crippen LogP contribution in [0.3, 0.4) is 0 Å². The second-order valence-corrected chi connectivity index (χ2v) is 5.80. The van der Waals surface area contributed by atoms with Gasteiger partial charge in [0.05, 0.1) is 6.61 Å². The molecule has 17 heavy (non-hydrogen) atoms. The number of hydrogen-bond donors (Lipinski definition) is 0. The van der Waals surface area contributed by atoms with E-state index >= 15 is 0 Å². The first kappa shape index (κ1) is 16.2. The van der Waals surface area contributed by atoms with E-state index in [-0.39, 0.29) is 5.97 Å². The van der Waals surface area contributed by atoms with Crippen LogP contribution in [-0.2, 0) is 9.53 Å². The van der Waals surface area contributed by atoms with E-state index < -0.39 is 0 Å². The van der Waals surface area contributed by atoms with Gasteiger partial charge in [-0.1, -0.05) is 59.5 Å². The van der Waals surface area contributed by atoms with Crippen molar-refractivity contribution in [2.75, 3.05) is 6.61 Å². The highest BCUT2D eigenvalue weighted by atomic mass is 16.5. The molecule has 2 heteroatoms. The van der Waals surface area contributed by atoms with Crippen LogP contribution in [0.2, 0.25) is 0 Å². The Morgan fingerprint density at radius 2 is 1.59 bits per heavy atom. The first-order valence-electron chi connectivity index (χ1n) is 6.75. The van der Waals surface area contributed by atoms with Crippen LogP contribution < -0.4 is 0 Å². The van der Waals surface area contributed by atoms with Gasteiger partial charge in [-0.3, -0.25) is 0 Å². The molecule has 0 N–H and O–H groups in total. The summed E-state index contributed by atoms with van der Waals surface area (Å²) in [5.74, 6) is -0.310. The van der Waals surface area contributed by atoms with Gasteiger partial charge in [0.15, 0.2) is 0 Å². The summed E-state index contributed by atoms with van der Waals surface area (Å²) in [5, 5.41) is 0. The maximum absolute atomic E-state index is 10.7. The molecule has 0 saturated heterocycles. The predicted molar refractivity (Wildman–Crippen MR) is 72.9 cm³/mol. The fourth-order valence-corrected chi connectivity index (χ4v) is 1.70. The lowest BCUT2D eigenvalue weighted by Crippen LogP contribution is -2.04. The lowest BCUT2D eigenvalue weighted by Gasteiger charge is -2.17. The Labute approximate surface area is 106 Å². The van der Waals surface area contributed by atoms with Gasteiger partial charge in [0.25, 0.3) is 0 Å². The maximum atomic E-state index is 10.7. The lowest BCUT2D eigenvalue weighted by atomic mass is 9.89. The van der Waals surface area contributed by atoms with Gasteiger partial charge < -0.3 is 4.74 Å². The predicted octanol–water partition coefficient (Wildman–Crippen LogP) is 4.49. The Bertz CT molecular complexity index is 213. The number of carbonyl (C=O) groups is 1. The maximum Gasteiger partial charge on any atom is 0.330 e. The third-order valence-corrected chi connectivity index (χ3v) is 2.73. The molecule has 0 aromatic heterocycles. The van der Waals surface area contributed by atoms with Gasteiger partial charge in [0, 0.05) is 6.08 Å². The SMILES string of the molecule is C=CC(=O)OCCCCCCCCC(C)(C)C. The summed E-state index contributed by atoms with van der Waals surface area (Å²) in [4.78, 5) is 10.7. The molecule has 0 bridgehead atoms. The number of rotatable bonds is 9. The van der Waals surface area contributed by atoms with E-state index in [1.807, 2.05) is 0 Å². The zero-order chi connectivity index (χ0) is 13.1. The monoisotopic (exact) mass is 240 g/mol. The molecule has 100 valence electrons. The molecule has 0 aliphatic rings. The van der Waals surface area contributed by atoms with Gasteiger partial charge >= 0.3 is 5.97 Å². The van der Waals surface area contributed by atoms with Crippen LogP contribution >= 0.6 is 0 Å². The minimum atomic E-state index is -0.310. The topological polar surface area (TPSA) is 26.3 Å². The number of esters is 1. The first-order valence-corrected chi connectivity index (χ1v) is 6.75. The van der Waals surface area contributed by atoms with E-state index in [9.17, 15) is 4.79 Å². The van der Waals surface area contributed by atoms with Crippen molar-refractivity contribution < 1.29 is 9.53 Å². The van der Waals surface area contributed by atoms with Crippen LogP contribution in [0.25, 0.3) is 0 Å². The van der Waals surface area contributed by atoms with Gasteiger partial charge in [-0.25, -0.2) is 4.79 Å². The van der Waals surface area contributed by atoms with E-state index in [4.69, 9.17) is 4.74 Å². The summed E-state index contributed by atoms with van der Waals surface area (Å²) in [6.07, 6.45) is 9.84. The van der Waals surface area contributed by atoms with Crippen LogP contribution in [0, 0.1) is 5.41 Å². The molecule has 0 fully saturated rings. The zero-order valence-electron chi connectivity index (χ0n) is 11.8. The van der Waals surface area contributed by atoms with Crippen LogP contribution in [0.1, 0.15) is 65.7 Å². The molecule has 0 heterocycles. The van der Waals surface area contributed by atoms with Crippen molar-refractivity contribution in [1.82, 2.24) is 0 Å². The van der Waals surface area contributed by atoms with E-state index in [0.717, 1.165) is 12.8 Å². The Morgan fingerprint density at radius 1 is 1.06 bits per heavy atom. The molecule has 0 rings (SSSR count). The second kappa shape index (κ2) is 9.26. The number of carbonyl (C=O) groups excluding carboxylic acids is 1. The van der Waals surface area contributed by atoms with Crippen molar-refractivity contribution in [3.05, 3.63) is 12.7 Å². The van der Waals surface area contributed by atoms with Crippen LogP contribution in [0.5, 0.6) is 0 Å². The molecular formula is C15H28O2. The van der Waals surface area contributed by atoms with Crippen molar-refractivity contribution in [1.29, 1.82) is 0 Å². The molecule has 0 atom stereocenters. The van der Waals surface area contributed by atoms with E-state index in [0.29, 0.717) is 12.0 Å². The molecule has 0 saturated carbocycles. The minimum Gasteiger partial charge on any atom is -0.463 e. The standard InChI is InChI=1S/C15H28O2/c1-5-14(16)17-13-11-9-7-6-8-10-12-15(2,3)4/h5H,1,6-13H2,2-4H3. The Kier molecular flexibility index (Phi) is 8.83. The smallest absolute Gasteiger partial charge is 0.330 e. The molecule has 0 aromatic rings. The van der Waals surface area contributed by atoms with Crippen molar-refractivity contribution in [3.8, 4) is 0 Å². The van der Waals surface area contributed by atoms with Gasteiger partial charge in [0.1, 0.15) is 0 Å². The van der Waals surface area contributed by atoms with Gasteiger partial charge in [-0.2, -0.15) is 0 Å². The van der Waals surface area contributed by atoms with E-state index in [1.54, 1.807) is 0 Å². The third-order valence-electron chi connectivity index (χ3n) is 2.73. The molecule has 0 aliphatic carbocycles. The average molecular weight is 240 g/mol. The van der Waals surface area contributed by atoms with E-state index in [1.165, 1.54) is 38.2 Å². The fourth-order valence-electron chi connectivity index (χ4n) is 1.70. The molecule has 0 aliphatic heterocycles. The average Bonchev–Trinajstić information content (AvgIpc) is 2.25. The van der Waals surface area contributed by atoms with Gasteiger partial charge in [-0.05, 0) is 18.3 Å². The zero-order valence-corrected chi connectivity index (χ0v) is 11.8. The molecule has 0 amide bonds. The summed E-state index contributed by atoms with van der Waals surface area (Å²) in [5.41, 5.74) is 0.471. The number of ether oxygens (including phenoxy) is 1. The summed E-state index contributed by atoms with van der Waals surface area (Å²) >= 11 is 0. The summed E-state index contributed by atoms with van der Waals surface area (Å²) in [7, 11) is 0. The highest BCUT2D eigenvalue weighted by Gasteiger charge is 2.08. The summed E-state index contributed by atoms with van der Waals surface area (Å²) < 4.78 is 4.91. The Morgan fingerprint density at radius 3 is 2.12 bits per heavy atom. The molecule has 0 spiro atoms. The lowest BCUT2D eigenvalue weighted by molar-refractivity contribution is -0.137. The highest BCUT2D eigenvalue weighted by molar-refractivity contribution is 5.81. The minimum absolute atomic E-state index is 0.310. The second-order valence-electron chi connectivity index (χ2n) is 5.80. The first-order chi connectivity index (χ1) is 7.95. The molecular weight excluding hydrogens is 212 g/mol. The number of unbranched alkanes of at least 4 members (excludes halogenated alkanes) is 5. The van der Waals surface area contributed by atoms with Gasteiger partial charge in [0.2, 0.25) is 0 Å². The normalized spacial score (nSPS) is 11.2. The van der Waals surface area contributed by atoms with Crippen molar-refractivity contribution in [2.24, 2.45) is 5.41 Å². The summed E-state index contributed by atoms with van der Waals surface area (Å²) in [6, 6.07) is 0. The highest BCUT2D eigenvalue weighted by Crippen LogP contribution is 2.22. The van der Waals surface area contributed by atoms with Crippen LogP contribution in [0.15, 0.2) is 12.7 Å². The van der Waals surface area contributed by atoms with E-state index in [2.05, 4.69) is 27.4 Å². The largest absolute Gasteiger partial charge is 0.463 e. The third kappa shape index (κ3) is 13.1. The van der Waals surface area contributed by atoms with Crippen molar-refractivity contribution >= 4 is 5.97 Å². The molecule has 2 nitrogen and oxygen atoms in total. The Hall–Kier alpha value is -0.790. The molecule has 0 unspecified atom stereocenters. The van der Waals surface area contributed by atoms with Crippen LogP contribution in [0.4, 0.5) is 0 Å². The summed E-state index contributed by atoms with van der Waals surface area (Å²) in [6.45, 7) is 10.8. The molecule has 0 radical (unpaired) electrons. The Balaban J connectivity index is 3.14. The number of hydrogen-bond acceptors (Lipinski definition) is 2. The van der Waals surface area contributed by atoms with Crippen molar-refractivity contribution in [2.45, 2.75) is 65.7 Å². The quantitative estimate of drug-likeness (QED) is 0.337. The van der Waals surface area contributed by atoms with Gasteiger partial charge in [-0.15, -0.1) is 0 Å². The van der Waals surface area contributed by atoms with Crippen molar-refractivity contribution in [3.63, 3.8) is 0 Å². The fraction of sp³-hybridized carbons (Fsp3) is 0.800. The molecule has 0 aromatic carbocycles. The van der Waals surface area contributed by atoms with Crippen LogP contribution in [-0.4, -0.2) is 12.6 Å².